The predicted octanol–water partition coefficient (Wildman–Crippen LogP) is 3.32. The van der Waals surface area contributed by atoms with E-state index in [1.54, 1.807) is 0 Å². The van der Waals surface area contributed by atoms with Crippen molar-refractivity contribution in [2.75, 3.05) is 13.2 Å². The zero-order chi connectivity index (χ0) is 14.1. The van der Waals surface area contributed by atoms with Crippen molar-refractivity contribution in [3.63, 3.8) is 0 Å². The summed E-state index contributed by atoms with van der Waals surface area (Å²) >= 11 is 0. The zero-order valence-electron chi connectivity index (χ0n) is 12.2. The second-order valence-corrected chi connectivity index (χ2v) is 5.06. The van der Waals surface area contributed by atoms with E-state index in [0.717, 1.165) is 24.2 Å². The van der Waals surface area contributed by atoms with Gasteiger partial charge in [0, 0.05) is 6.42 Å². The summed E-state index contributed by atoms with van der Waals surface area (Å²) in [4.78, 5) is 11.6. The monoisotopic (exact) mass is 263 g/mol. The first-order chi connectivity index (χ1) is 9.13. The van der Waals surface area contributed by atoms with E-state index in [-0.39, 0.29) is 5.91 Å². The maximum atomic E-state index is 11.6. The lowest BCUT2D eigenvalue weighted by Gasteiger charge is -2.12. The average molecular weight is 263 g/mol. The summed E-state index contributed by atoms with van der Waals surface area (Å²) < 4.78 is 5.62. The molecule has 3 heteroatoms. The summed E-state index contributed by atoms with van der Waals surface area (Å²) in [5.74, 6) is 1.47. The molecule has 1 aromatic rings. The second-order valence-electron chi connectivity index (χ2n) is 5.06. The van der Waals surface area contributed by atoms with Crippen LogP contribution in [0.1, 0.15) is 38.7 Å². The smallest absolute Gasteiger partial charge is 0.220 e. The third-order valence-corrected chi connectivity index (χ3v) is 3.09. The Bertz CT molecular complexity index is 390. The topological polar surface area (TPSA) is 38.3 Å². The van der Waals surface area contributed by atoms with E-state index in [4.69, 9.17) is 4.74 Å². The molecular formula is C16H25NO2. The van der Waals surface area contributed by atoms with Crippen molar-refractivity contribution in [1.29, 1.82) is 0 Å². The van der Waals surface area contributed by atoms with Gasteiger partial charge in [-0.1, -0.05) is 44.9 Å². The summed E-state index contributed by atoms with van der Waals surface area (Å²) in [5.41, 5.74) is 1.12. The fourth-order valence-corrected chi connectivity index (χ4v) is 2.05. The van der Waals surface area contributed by atoms with Crippen molar-refractivity contribution in [2.24, 2.45) is 5.92 Å². The largest absolute Gasteiger partial charge is 0.491 e. The molecule has 0 saturated heterocycles. The Morgan fingerprint density at radius 2 is 2.11 bits per heavy atom. The number of benzene rings is 1. The molecule has 0 radical (unpaired) electrons. The first-order valence-corrected chi connectivity index (χ1v) is 7.08. The molecule has 0 aliphatic carbocycles. The van der Waals surface area contributed by atoms with Gasteiger partial charge in [0.1, 0.15) is 12.4 Å². The van der Waals surface area contributed by atoms with E-state index in [0.29, 0.717) is 25.5 Å². The van der Waals surface area contributed by atoms with E-state index in [1.807, 2.05) is 31.2 Å². The number of nitrogens with one attached hydrogen (secondary N) is 1. The maximum Gasteiger partial charge on any atom is 0.220 e. The first-order valence-electron chi connectivity index (χ1n) is 7.08. The zero-order valence-corrected chi connectivity index (χ0v) is 12.2. The number of hydrogen-bond donors (Lipinski definition) is 1. The van der Waals surface area contributed by atoms with Gasteiger partial charge in [-0.05, 0) is 24.5 Å². The normalized spacial score (nSPS) is 11.9. The highest BCUT2D eigenvalue weighted by Gasteiger charge is 2.07. The van der Waals surface area contributed by atoms with Crippen LogP contribution in [0.3, 0.4) is 0 Å². The van der Waals surface area contributed by atoms with Crippen molar-refractivity contribution in [3.8, 4) is 5.75 Å². The van der Waals surface area contributed by atoms with Crippen LogP contribution in [0.2, 0.25) is 0 Å². The molecule has 0 saturated carbocycles. The number of carbonyl (C=O) groups is 1. The number of amides is 1. The van der Waals surface area contributed by atoms with Gasteiger partial charge in [-0.25, -0.2) is 0 Å². The van der Waals surface area contributed by atoms with Crippen LogP contribution in [0.5, 0.6) is 5.75 Å². The Labute approximate surface area is 116 Å². The molecule has 1 N–H and O–H groups in total. The molecule has 0 spiro atoms. The van der Waals surface area contributed by atoms with Gasteiger partial charge < -0.3 is 10.1 Å². The van der Waals surface area contributed by atoms with Gasteiger partial charge in [0.2, 0.25) is 5.91 Å². The van der Waals surface area contributed by atoms with Crippen LogP contribution in [0.15, 0.2) is 24.3 Å². The lowest BCUT2D eigenvalue weighted by Crippen LogP contribution is -2.29. The van der Waals surface area contributed by atoms with Crippen molar-refractivity contribution in [2.45, 2.75) is 40.0 Å². The molecule has 1 aromatic carbocycles. The fourth-order valence-electron chi connectivity index (χ4n) is 2.05. The molecule has 1 atom stereocenters. The van der Waals surface area contributed by atoms with Gasteiger partial charge >= 0.3 is 0 Å². The summed E-state index contributed by atoms with van der Waals surface area (Å²) in [7, 11) is 0. The number of hydrogen-bond acceptors (Lipinski definition) is 2. The van der Waals surface area contributed by atoms with Crippen LogP contribution in [0.25, 0.3) is 0 Å². The van der Waals surface area contributed by atoms with Crippen LogP contribution in [-0.4, -0.2) is 19.1 Å². The fraction of sp³-hybridized carbons (Fsp3) is 0.562. The molecule has 3 nitrogen and oxygen atoms in total. The van der Waals surface area contributed by atoms with Gasteiger partial charge in [-0.2, -0.15) is 0 Å². The van der Waals surface area contributed by atoms with E-state index in [9.17, 15) is 4.79 Å². The van der Waals surface area contributed by atoms with Gasteiger partial charge in [0.15, 0.2) is 0 Å². The standard InChI is InChI=1S/C16H25NO2/c1-4-7-13(2)12-16(18)17-10-11-19-15-9-6-5-8-14(15)3/h5-6,8-9,13H,4,7,10-12H2,1-3H3,(H,17,18). The van der Waals surface area contributed by atoms with Crippen molar-refractivity contribution >= 4 is 5.91 Å². The third kappa shape index (κ3) is 6.27. The SMILES string of the molecule is CCCC(C)CC(=O)NCCOc1ccccc1C. The Morgan fingerprint density at radius 1 is 1.37 bits per heavy atom. The molecule has 0 aliphatic heterocycles. The lowest BCUT2D eigenvalue weighted by atomic mass is 10.0. The lowest BCUT2D eigenvalue weighted by molar-refractivity contribution is -0.122. The summed E-state index contributed by atoms with van der Waals surface area (Å²) in [6.07, 6.45) is 2.84. The summed E-state index contributed by atoms with van der Waals surface area (Å²) in [5, 5.41) is 2.90. The summed E-state index contributed by atoms with van der Waals surface area (Å²) in [6, 6.07) is 7.90. The van der Waals surface area contributed by atoms with Gasteiger partial charge in [0.05, 0.1) is 6.54 Å². The predicted molar refractivity (Wildman–Crippen MR) is 78.4 cm³/mol. The molecule has 0 heterocycles. The Balaban J connectivity index is 2.17. The van der Waals surface area contributed by atoms with Crippen LogP contribution in [0, 0.1) is 12.8 Å². The number of carbonyl (C=O) groups excluding carboxylic acids is 1. The van der Waals surface area contributed by atoms with Gasteiger partial charge in [0.25, 0.3) is 0 Å². The van der Waals surface area contributed by atoms with Crippen molar-refractivity contribution < 1.29 is 9.53 Å². The van der Waals surface area contributed by atoms with Gasteiger partial charge in [-0.15, -0.1) is 0 Å². The molecule has 106 valence electrons. The van der Waals surface area contributed by atoms with Crippen LogP contribution < -0.4 is 10.1 Å². The number of aryl methyl sites for hydroxylation is 1. The Kier molecular flexibility index (Phi) is 7.01. The molecule has 0 fully saturated rings. The minimum Gasteiger partial charge on any atom is -0.491 e. The quantitative estimate of drug-likeness (QED) is 0.731. The molecule has 0 bridgehead atoms. The third-order valence-electron chi connectivity index (χ3n) is 3.09. The van der Waals surface area contributed by atoms with E-state index >= 15 is 0 Å². The first kappa shape index (κ1) is 15.5. The Morgan fingerprint density at radius 3 is 2.79 bits per heavy atom. The number of ether oxygens (including phenoxy) is 1. The average Bonchev–Trinajstić information content (AvgIpc) is 2.36. The van der Waals surface area contributed by atoms with Crippen LogP contribution in [0.4, 0.5) is 0 Å². The second kappa shape index (κ2) is 8.57. The highest BCUT2D eigenvalue weighted by atomic mass is 16.5. The van der Waals surface area contributed by atoms with Crippen molar-refractivity contribution in [1.82, 2.24) is 5.32 Å². The summed E-state index contributed by atoms with van der Waals surface area (Å²) in [6.45, 7) is 7.35. The highest BCUT2D eigenvalue weighted by Crippen LogP contribution is 2.15. The van der Waals surface area contributed by atoms with E-state index in [2.05, 4.69) is 19.2 Å². The molecular weight excluding hydrogens is 238 g/mol. The molecule has 1 rings (SSSR count). The number of para-hydroxylation sites is 1. The molecule has 1 amide bonds. The van der Waals surface area contributed by atoms with Gasteiger partial charge in [-0.3, -0.25) is 4.79 Å². The minimum atomic E-state index is 0.120. The van der Waals surface area contributed by atoms with Crippen LogP contribution in [-0.2, 0) is 4.79 Å². The molecule has 19 heavy (non-hydrogen) atoms. The molecule has 0 aromatic heterocycles. The van der Waals surface area contributed by atoms with Crippen molar-refractivity contribution in [3.05, 3.63) is 29.8 Å². The maximum absolute atomic E-state index is 11.6. The van der Waals surface area contributed by atoms with E-state index in [1.165, 1.54) is 0 Å². The molecule has 1 unspecified atom stereocenters. The minimum absolute atomic E-state index is 0.120. The highest BCUT2D eigenvalue weighted by molar-refractivity contribution is 5.76. The number of rotatable bonds is 8. The Hall–Kier alpha value is -1.51. The van der Waals surface area contributed by atoms with E-state index < -0.39 is 0 Å². The van der Waals surface area contributed by atoms with Crippen LogP contribution >= 0.6 is 0 Å². The molecule has 0 aliphatic rings.